The molecule has 3 N–H and O–H groups in total. The SMILES string of the molecule is CC(C)(C)OC(=O)N1CCCC(CNc2nc(-c3cnc4ccc(F)cn34)ncc2N)C1. The number of anilines is 2. The number of carbonyl (C=O) groups is 1. The van der Waals surface area contributed by atoms with Crippen LogP contribution in [-0.4, -0.2) is 55.6 Å². The van der Waals surface area contributed by atoms with Crippen molar-refractivity contribution in [3.05, 3.63) is 36.5 Å². The molecule has 1 aliphatic rings. The van der Waals surface area contributed by atoms with Gasteiger partial charge in [-0.2, -0.15) is 0 Å². The van der Waals surface area contributed by atoms with Crippen LogP contribution in [0.5, 0.6) is 0 Å². The van der Waals surface area contributed by atoms with Gasteiger partial charge in [0.2, 0.25) is 0 Å². The number of aromatic nitrogens is 4. The number of hydrogen-bond donors (Lipinski definition) is 2. The van der Waals surface area contributed by atoms with Crippen LogP contribution in [0.15, 0.2) is 30.7 Å². The van der Waals surface area contributed by atoms with Crippen molar-refractivity contribution in [3.63, 3.8) is 0 Å². The summed E-state index contributed by atoms with van der Waals surface area (Å²) in [4.78, 5) is 27.3. The number of imidazole rings is 1. The molecule has 0 aliphatic carbocycles. The molecule has 3 aromatic heterocycles. The lowest BCUT2D eigenvalue weighted by Crippen LogP contribution is -2.44. The molecule has 1 aliphatic heterocycles. The smallest absolute Gasteiger partial charge is 0.410 e. The van der Waals surface area contributed by atoms with Crippen LogP contribution in [0.4, 0.5) is 20.7 Å². The Morgan fingerprint density at radius 1 is 1.31 bits per heavy atom. The lowest BCUT2D eigenvalue weighted by Gasteiger charge is -2.34. The van der Waals surface area contributed by atoms with Crippen LogP contribution >= 0.6 is 0 Å². The van der Waals surface area contributed by atoms with Crippen molar-refractivity contribution >= 4 is 23.2 Å². The van der Waals surface area contributed by atoms with E-state index in [2.05, 4.69) is 20.3 Å². The molecule has 170 valence electrons. The Balaban J connectivity index is 1.46. The third kappa shape index (κ3) is 4.90. The molecule has 0 bridgehead atoms. The van der Waals surface area contributed by atoms with Crippen LogP contribution in [0, 0.1) is 11.7 Å². The number of pyridine rings is 1. The minimum Gasteiger partial charge on any atom is -0.444 e. The Kier molecular flexibility index (Phi) is 5.86. The fraction of sp³-hybridized carbons (Fsp3) is 0.455. The first-order valence-corrected chi connectivity index (χ1v) is 10.7. The molecule has 32 heavy (non-hydrogen) atoms. The quantitative estimate of drug-likeness (QED) is 0.637. The van der Waals surface area contributed by atoms with E-state index in [0.29, 0.717) is 48.3 Å². The zero-order valence-electron chi connectivity index (χ0n) is 18.5. The van der Waals surface area contributed by atoms with E-state index in [1.54, 1.807) is 21.6 Å². The number of nitrogen functional groups attached to an aromatic ring is 1. The van der Waals surface area contributed by atoms with Gasteiger partial charge in [0.05, 0.1) is 18.1 Å². The summed E-state index contributed by atoms with van der Waals surface area (Å²) in [6, 6.07) is 2.95. The zero-order valence-corrected chi connectivity index (χ0v) is 18.5. The molecule has 0 spiro atoms. The summed E-state index contributed by atoms with van der Waals surface area (Å²) < 4.78 is 20.8. The standard InChI is InChI=1S/C22H28FN7O2/c1-22(2,3)32-21(31)29-8-4-5-14(12-29)9-26-19-16(24)10-27-20(28-19)17-11-25-18-7-6-15(23)13-30(17)18/h6-7,10-11,13-14H,4-5,8-9,12,24H2,1-3H3,(H,26,27,28). The van der Waals surface area contributed by atoms with Gasteiger partial charge < -0.3 is 20.7 Å². The minimum atomic E-state index is -0.519. The topological polar surface area (TPSA) is 111 Å². The van der Waals surface area contributed by atoms with Crippen LogP contribution in [0.3, 0.4) is 0 Å². The maximum Gasteiger partial charge on any atom is 0.410 e. The number of hydrogen-bond acceptors (Lipinski definition) is 7. The number of likely N-dealkylation sites (tertiary alicyclic amines) is 1. The molecule has 1 fully saturated rings. The van der Waals surface area contributed by atoms with Crippen LogP contribution in [0.1, 0.15) is 33.6 Å². The average Bonchev–Trinajstić information content (AvgIpc) is 3.15. The zero-order chi connectivity index (χ0) is 22.9. The van der Waals surface area contributed by atoms with Crippen LogP contribution in [-0.2, 0) is 4.74 Å². The van der Waals surface area contributed by atoms with Crippen molar-refractivity contribution in [2.75, 3.05) is 30.7 Å². The Hall–Kier alpha value is -3.43. The number of halogens is 1. The molecule has 4 rings (SSSR count). The number of rotatable bonds is 4. The lowest BCUT2D eigenvalue weighted by atomic mass is 9.98. The monoisotopic (exact) mass is 441 g/mol. The first kappa shape index (κ1) is 21.8. The van der Waals surface area contributed by atoms with Gasteiger partial charge in [0.25, 0.3) is 0 Å². The second-order valence-corrected chi connectivity index (χ2v) is 9.03. The number of nitrogens with one attached hydrogen (secondary N) is 1. The predicted molar refractivity (Wildman–Crippen MR) is 120 cm³/mol. The maximum atomic E-state index is 13.7. The Bertz CT molecular complexity index is 1130. The average molecular weight is 442 g/mol. The minimum absolute atomic E-state index is 0.235. The van der Waals surface area contributed by atoms with Gasteiger partial charge in [0.1, 0.15) is 22.8 Å². The summed E-state index contributed by atoms with van der Waals surface area (Å²) >= 11 is 0. The van der Waals surface area contributed by atoms with E-state index >= 15 is 0 Å². The maximum absolute atomic E-state index is 13.7. The normalized spacial score (nSPS) is 16.9. The molecule has 1 atom stereocenters. The fourth-order valence-corrected chi connectivity index (χ4v) is 3.74. The second-order valence-electron chi connectivity index (χ2n) is 9.03. The van der Waals surface area contributed by atoms with Gasteiger partial charge in [0, 0.05) is 25.8 Å². The molecule has 0 radical (unpaired) electrons. The highest BCUT2D eigenvalue weighted by Gasteiger charge is 2.27. The van der Waals surface area contributed by atoms with E-state index < -0.39 is 5.60 Å². The van der Waals surface area contributed by atoms with Gasteiger partial charge in [-0.15, -0.1) is 0 Å². The highest BCUT2D eigenvalue weighted by molar-refractivity contribution is 5.68. The highest BCUT2D eigenvalue weighted by atomic mass is 19.1. The number of ether oxygens (including phenoxy) is 1. The molecule has 10 heteroatoms. The van der Waals surface area contributed by atoms with Gasteiger partial charge in [-0.25, -0.2) is 24.1 Å². The van der Waals surface area contributed by atoms with Crippen molar-refractivity contribution in [2.45, 2.75) is 39.2 Å². The Morgan fingerprint density at radius 2 is 2.12 bits per heavy atom. The third-order valence-electron chi connectivity index (χ3n) is 5.24. The number of nitrogens with zero attached hydrogens (tertiary/aromatic N) is 5. The molecule has 1 saturated heterocycles. The number of piperidine rings is 1. The predicted octanol–water partition coefficient (Wildman–Crippen LogP) is 3.57. The van der Waals surface area contributed by atoms with E-state index in [9.17, 15) is 9.18 Å². The number of nitrogens with two attached hydrogens (primary N) is 1. The van der Waals surface area contributed by atoms with Gasteiger partial charge in [0.15, 0.2) is 11.6 Å². The van der Waals surface area contributed by atoms with Crippen molar-refractivity contribution < 1.29 is 13.9 Å². The lowest BCUT2D eigenvalue weighted by molar-refractivity contribution is 0.0172. The molecule has 1 unspecified atom stereocenters. The molecule has 0 saturated carbocycles. The summed E-state index contributed by atoms with van der Waals surface area (Å²) in [7, 11) is 0. The van der Waals surface area contributed by atoms with E-state index in [-0.39, 0.29) is 17.8 Å². The highest BCUT2D eigenvalue weighted by Crippen LogP contribution is 2.24. The number of carbonyl (C=O) groups excluding carboxylic acids is 1. The molecule has 3 aromatic rings. The molecular weight excluding hydrogens is 413 g/mol. The van der Waals surface area contributed by atoms with Gasteiger partial charge in [-0.3, -0.25) is 4.40 Å². The largest absolute Gasteiger partial charge is 0.444 e. The van der Waals surface area contributed by atoms with Crippen molar-refractivity contribution in [2.24, 2.45) is 5.92 Å². The summed E-state index contributed by atoms with van der Waals surface area (Å²) in [6.07, 6.45) is 6.07. The van der Waals surface area contributed by atoms with Gasteiger partial charge in [-0.05, 0) is 51.7 Å². The van der Waals surface area contributed by atoms with Gasteiger partial charge in [-0.1, -0.05) is 0 Å². The van der Waals surface area contributed by atoms with Gasteiger partial charge >= 0.3 is 6.09 Å². The molecule has 9 nitrogen and oxygen atoms in total. The van der Waals surface area contributed by atoms with Crippen LogP contribution in [0.25, 0.3) is 17.2 Å². The van der Waals surface area contributed by atoms with Crippen molar-refractivity contribution in [1.82, 2.24) is 24.3 Å². The summed E-state index contributed by atoms with van der Waals surface area (Å²) in [6.45, 7) is 7.48. The third-order valence-corrected chi connectivity index (χ3v) is 5.24. The molecule has 1 amide bonds. The van der Waals surface area contributed by atoms with E-state index in [0.717, 1.165) is 12.8 Å². The fourth-order valence-electron chi connectivity index (χ4n) is 3.74. The molecule has 4 heterocycles. The van der Waals surface area contributed by atoms with Crippen molar-refractivity contribution in [1.29, 1.82) is 0 Å². The molecular formula is C22H28FN7O2. The number of fused-ring (bicyclic) bond motifs is 1. The first-order chi connectivity index (χ1) is 15.2. The Morgan fingerprint density at radius 3 is 2.91 bits per heavy atom. The van der Waals surface area contributed by atoms with E-state index in [1.807, 2.05) is 20.8 Å². The summed E-state index contributed by atoms with van der Waals surface area (Å²) in [5, 5.41) is 3.29. The molecule has 0 aromatic carbocycles. The Labute approximate surface area is 185 Å². The summed E-state index contributed by atoms with van der Waals surface area (Å²) in [5.74, 6) is 0.742. The second kappa shape index (κ2) is 8.60. The van der Waals surface area contributed by atoms with Crippen LogP contribution in [0.2, 0.25) is 0 Å². The number of amides is 1. The first-order valence-electron chi connectivity index (χ1n) is 10.7. The summed E-state index contributed by atoms with van der Waals surface area (Å²) in [5.41, 5.74) is 7.14. The van der Waals surface area contributed by atoms with Crippen molar-refractivity contribution in [3.8, 4) is 11.5 Å². The van der Waals surface area contributed by atoms with E-state index in [4.69, 9.17) is 10.5 Å². The van der Waals surface area contributed by atoms with Crippen LogP contribution < -0.4 is 11.1 Å². The van der Waals surface area contributed by atoms with E-state index in [1.165, 1.54) is 18.5 Å².